The SMILES string of the molecule is CCCC(O)(C(=O)c1ccccc1)c1ccc(OCCO)cc1. The van der Waals surface area contributed by atoms with E-state index in [-0.39, 0.29) is 19.0 Å². The third-order valence-corrected chi connectivity index (χ3v) is 3.72. The quantitative estimate of drug-likeness (QED) is 0.735. The Morgan fingerprint density at radius 1 is 1.09 bits per heavy atom. The van der Waals surface area contributed by atoms with Crippen molar-refractivity contribution in [3.8, 4) is 5.75 Å². The Kier molecular flexibility index (Phi) is 5.90. The first-order valence-electron chi connectivity index (χ1n) is 7.78. The zero-order valence-electron chi connectivity index (χ0n) is 13.2. The molecule has 2 rings (SSSR count). The second-order valence-corrected chi connectivity index (χ2v) is 5.40. The molecule has 2 aromatic carbocycles. The first kappa shape index (κ1) is 17.2. The second-order valence-electron chi connectivity index (χ2n) is 5.40. The van der Waals surface area contributed by atoms with Crippen LogP contribution in [0.15, 0.2) is 54.6 Å². The van der Waals surface area contributed by atoms with Gasteiger partial charge in [-0.1, -0.05) is 55.8 Å². The molecule has 23 heavy (non-hydrogen) atoms. The van der Waals surface area contributed by atoms with Crippen LogP contribution in [0.3, 0.4) is 0 Å². The normalized spacial score (nSPS) is 13.3. The Bertz CT molecular complexity index is 622. The van der Waals surface area contributed by atoms with Crippen LogP contribution in [-0.2, 0) is 5.60 Å². The predicted octanol–water partition coefficient (Wildman–Crippen LogP) is 2.93. The lowest BCUT2D eigenvalue weighted by Gasteiger charge is -2.27. The molecule has 2 N–H and O–H groups in total. The predicted molar refractivity (Wildman–Crippen MR) is 88.6 cm³/mol. The van der Waals surface area contributed by atoms with Crippen LogP contribution in [-0.4, -0.2) is 29.2 Å². The summed E-state index contributed by atoms with van der Waals surface area (Å²) in [5, 5.41) is 19.8. The molecule has 0 aliphatic carbocycles. The van der Waals surface area contributed by atoms with Gasteiger partial charge in [0, 0.05) is 5.56 Å². The number of hydrogen-bond donors (Lipinski definition) is 2. The average Bonchev–Trinajstić information content (AvgIpc) is 2.60. The van der Waals surface area contributed by atoms with Gasteiger partial charge in [0.15, 0.2) is 11.4 Å². The van der Waals surface area contributed by atoms with Gasteiger partial charge in [0.1, 0.15) is 12.4 Å². The van der Waals surface area contributed by atoms with Crippen LogP contribution >= 0.6 is 0 Å². The number of Topliss-reactive ketones (excluding diaryl/α,β-unsaturated/α-hetero) is 1. The van der Waals surface area contributed by atoms with Crippen molar-refractivity contribution in [2.45, 2.75) is 25.4 Å². The van der Waals surface area contributed by atoms with Crippen molar-refractivity contribution in [3.05, 3.63) is 65.7 Å². The lowest BCUT2D eigenvalue weighted by atomic mass is 9.82. The zero-order valence-corrected chi connectivity index (χ0v) is 13.2. The minimum Gasteiger partial charge on any atom is -0.491 e. The number of ether oxygens (including phenoxy) is 1. The summed E-state index contributed by atoms with van der Waals surface area (Å²) < 4.78 is 5.31. The second kappa shape index (κ2) is 7.90. The van der Waals surface area contributed by atoms with E-state index in [4.69, 9.17) is 9.84 Å². The number of benzene rings is 2. The summed E-state index contributed by atoms with van der Waals surface area (Å²) >= 11 is 0. The van der Waals surface area contributed by atoms with Crippen molar-refractivity contribution >= 4 is 5.78 Å². The third-order valence-electron chi connectivity index (χ3n) is 3.72. The summed E-state index contributed by atoms with van der Waals surface area (Å²) in [5.74, 6) is 0.290. The van der Waals surface area contributed by atoms with E-state index in [1.165, 1.54) is 0 Å². The van der Waals surface area contributed by atoms with Crippen LogP contribution < -0.4 is 4.74 Å². The maximum absolute atomic E-state index is 12.8. The Labute approximate surface area is 136 Å². The van der Waals surface area contributed by atoms with E-state index >= 15 is 0 Å². The van der Waals surface area contributed by atoms with Crippen molar-refractivity contribution in [1.82, 2.24) is 0 Å². The van der Waals surface area contributed by atoms with Crippen molar-refractivity contribution in [2.24, 2.45) is 0 Å². The molecule has 0 heterocycles. The molecule has 1 atom stereocenters. The van der Waals surface area contributed by atoms with Gasteiger partial charge in [-0.15, -0.1) is 0 Å². The van der Waals surface area contributed by atoms with E-state index in [1.54, 1.807) is 48.5 Å². The van der Waals surface area contributed by atoms with E-state index in [2.05, 4.69) is 0 Å². The van der Waals surface area contributed by atoms with E-state index < -0.39 is 5.60 Å². The van der Waals surface area contributed by atoms with Gasteiger partial charge in [-0.25, -0.2) is 0 Å². The van der Waals surface area contributed by atoms with Crippen LogP contribution in [0.1, 0.15) is 35.7 Å². The summed E-state index contributed by atoms with van der Waals surface area (Å²) in [6.45, 7) is 2.08. The fourth-order valence-corrected chi connectivity index (χ4v) is 2.57. The molecule has 0 saturated carbocycles. The molecule has 1 unspecified atom stereocenters. The molecule has 0 aliphatic rings. The lowest BCUT2D eigenvalue weighted by Crippen LogP contribution is -2.35. The van der Waals surface area contributed by atoms with Crippen LogP contribution in [0.4, 0.5) is 0 Å². The molecule has 0 amide bonds. The topological polar surface area (TPSA) is 66.8 Å². The van der Waals surface area contributed by atoms with E-state index in [9.17, 15) is 9.90 Å². The van der Waals surface area contributed by atoms with Crippen LogP contribution in [0, 0.1) is 0 Å². The molecule has 0 radical (unpaired) electrons. The van der Waals surface area contributed by atoms with Crippen molar-refractivity contribution < 1.29 is 19.7 Å². The van der Waals surface area contributed by atoms with Gasteiger partial charge in [0.25, 0.3) is 0 Å². The number of carbonyl (C=O) groups excluding carboxylic acids is 1. The van der Waals surface area contributed by atoms with E-state index in [0.29, 0.717) is 29.7 Å². The molecule has 0 bridgehead atoms. The highest BCUT2D eigenvalue weighted by molar-refractivity contribution is 6.02. The lowest BCUT2D eigenvalue weighted by molar-refractivity contribution is 0.0247. The monoisotopic (exact) mass is 314 g/mol. The maximum atomic E-state index is 12.8. The number of ketones is 1. The van der Waals surface area contributed by atoms with Crippen LogP contribution in [0.5, 0.6) is 5.75 Å². The fraction of sp³-hybridized carbons (Fsp3) is 0.316. The molecule has 0 saturated heterocycles. The summed E-state index contributed by atoms with van der Waals surface area (Å²) in [5.41, 5.74) is -0.514. The van der Waals surface area contributed by atoms with Gasteiger partial charge >= 0.3 is 0 Å². The van der Waals surface area contributed by atoms with E-state index in [1.807, 2.05) is 13.0 Å². The Morgan fingerprint density at radius 3 is 2.30 bits per heavy atom. The molecule has 4 heteroatoms. The average molecular weight is 314 g/mol. The minimum absolute atomic E-state index is 0.0615. The van der Waals surface area contributed by atoms with Crippen molar-refractivity contribution in [3.63, 3.8) is 0 Å². The number of aliphatic hydroxyl groups is 2. The summed E-state index contributed by atoms with van der Waals surface area (Å²) in [6, 6.07) is 15.6. The summed E-state index contributed by atoms with van der Waals surface area (Å²) in [7, 11) is 0. The van der Waals surface area contributed by atoms with Gasteiger partial charge in [-0.05, 0) is 24.1 Å². The molecule has 4 nitrogen and oxygen atoms in total. The van der Waals surface area contributed by atoms with Crippen molar-refractivity contribution in [2.75, 3.05) is 13.2 Å². The molecule has 0 fully saturated rings. The summed E-state index contributed by atoms with van der Waals surface area (Å²) in [4.78, 5) is 12.8. The first-order chi connectivity index (χ1) is 11.1. The molecular formula is C19H22O4. The Balaban J connectivity index is 2.31. The smallest absolute Gasteiger partial charge is 0.198 e. The number of rotatable bonds is 8. The van der Waals surface area contributed by atoms with Gasteiger partial charge < -0.3 is 14.9 Å². The zero-order chi connectivity index (χ0) is 16.7. The van der Waals surface area contributed by atoms with Crippen molar-refractivity contribution in [1.29, 1.82) is 0 Å². The van der Waals surface area contributed by atoms with Gasteiger partial charge in [-0.3, -0.25) is 4.79 Å². The molecule has 0 aromatic heterocycles. The van der Waals surface area contributed by atoms with Crippen LogP contribution in [0.2, 0.25) is 0 Å². The highest BCUT2D eigenvalue weighted by Gasteiger charge is 2.37. The fourth-order valence-electron chi connectivity index (χ4n) is 2.57. The standard InChI is InChI=1S/C19H22O4/c1-2-12-19(22,18(21)15-6-4-3-5-7-15)16-8-10-17(11-9-16)23-14-13-20/h3-11,20,22H,2,12-14H2,1H3. The molecule has 2 aromatic rings. The third kappa shape index (κ3) is 3.97. The maximum Gasteiger partial charge on any atom is 0.198 e. The molecule has 0 spiro atoms. The highest BCUT2D eigenvalue weighted by atomic mass is 16.5. The van der Waals surface area contributed by atoms with E-state index in [0.717, 1.165) is 0 Å². The minimum atomic E-state index is -1.55. The van der Waals surface area contributed by atoms with Crippen LogP contribution in [0.25, 0.3) is 0 Å². The largest absolute Gasteiger partial charge is 0.491 e. The Morgan fingerprint density at radius 2 is 1.74 bits per heavy atom. The number of hydrogen-bond acceptors (Lipinski definition) is 4. The van der Waals surface area contributed by atoms with Gasteiger partial charge in [0.2, 0.25) is 0 Å². The van der Waals surface area contributed by atoms with Gasteiger partial charge in [0.05, 0.1) is 6.61 Å². The molecular weight excluding hydrogens is 292 g/mol. The van der Waals surface area contributed by atoms with Gasteiger partial charge in [-0.2, -0.15) is 0 Å². The molecule has 0 aliphatic heterocycles. The molecule has 122 valence electrons. The Hall–Kier alpha value is -2.17. The first-order valence-corrected chi connectivity index (χ1v) is 7.78. The highest BCUT2D eigenvalue weighted by Crippen LogP contribution is 2.31. The summed E-state index contributed by atoms with van der Waals surface area (Å²) in [6.07, 6.45) is 1.02. The number of carbonyl (C=O) groups is 1. The number of aliphatic hydroxyl groups excluding tert-OH is 1.